The lowest BCUT2D eigenvalue weighted by Crippen LogP contribution is -2.15. The summed E-state index contributed by atoms with van der Waals surface area (Å²) in [6, 6.07) is 14.8. The molecule has 0 bridgehead atoms. The van der Waals surface area contributed by atoms with Crippen molar-refractivity contribution in [2.75, 3.05) is 19.5 Å². The van der Waals surface area contributed by atoms with Crippen LogP contribution in [0.25, 0.3) is 10.1 Å². The van der Waals surface area contributed by atoms with Crippen LogP contribution in [-0.2, 0) is 16.0 Å². The van der Waals surface area contributed by atoms with Crippen molar-refractivity contribution in [2.24, 2.45) is 0 Å². The van der Waals surface area contributed by atoms with Crippen LogP contribution in [0.3, 0.4) is 0 Å². The van der Waals surface area contributed by atoms with Crippen molar-refractivity contribution >= 4 is 38.3 Å². The Morgan fingerprint density at radius 2 is 1.76 bits per heavy atom. The number of benzene rings is 2. The van der Waals surface area contributed by atoms with E-state index in [1.54, 1.807) is 7.11 Å². The molecule has 3 rings (SSSR count). The molecule has 0 aliphatic rings. The average molecular weight is 355 g/mol. The Balaban J connectivity index is 1.83. The lowest BCUT2D eigenvalue weighted by Gasteiger charge is -2.06. The predicted molar refractivity (Wildman–Crippen MR) is 98.5 cm³/mol. The van der Waals surface area contributed by atoms with Gasteiger partial charge in [-0.05, 0) is 23.8 Å². The minimum atomic E-state index is -0.461. The van der Waals surface area contributed by atoms with Gasteiger partial charge in [0.25, 0.3) is 0 Å². The molecule has 1 aromatic heterocycles. The molecule has 128 valence electrons. The number of hydrogen-bond acceptors (Lipinski definition) is 5. The van der Waals surface area contributed by atoms with Gasteiger partial charge in [0.2, 0.25) is 5.91 Å². The molecule has 0 unspecified atom stereocenters. The molecule has 0 aliphatic heterocycles. The number of carbonyl (C=O) groups is 2. The van der Waals surface area contributed by atoms with Gasteiger partial charge in [-0.1, -0.05) is 30.3 Å². The SMILES string of the molecule is COC(=O)c1c(NC(=O)Cc2ccc(OC)cc2)sc2ccccc12. The van der Waals surface area contributed by atoms with E-state index in [1.807, 2.05) is 48.5 Å². The van der Waals surface area contributed by atoms with Gasteiger partial charge in [0.15, 0.2) is 0 Å². The number of thiophene rings is 1. The van der Waals surface area contributed by atoms with Crippen LogP contribution in [0.5, 0.6) is 5.75 Å². The van der Waals surface area contributed by atoms with Gasteiger partial charge in [-0.3, -0.25) is 4.79 Å². The van der Waals surface area contributed by atoms with E-state index in [2.05, 4.69) is 5.32 Å². The van der Waals surface area contributed by atoms with E-state index in [-0.39, 0.29) is 12.3 Å². The number of anilines is 1. The van der Waals surface area contributed by atoms with Crippen molar-refractivity contribution in [3.05, 3.63) is 59.7 Å². The Labute approximate surface area is 149 Å². The number of rotatable bonds is 5. The van der Waals surface area contributed by atoms with Gasteiger partial charge in [-0.15, -0.1) is 11.3 Å². The minimum Gasteiger partial charge on any atom is -0.497 e. The maximum Gasteiger partial charge on any atom is 0.341 e. The molecular formula is C19H17NO4S. The van der Waals surface area contributed by atoms with Crippen LogP contribution in [0.1, 0.15) is 15.9 Å². The van der Waals surface area contributed by atoms with Crippen LogP contribution in [0.4, 0.5) is 5.00 Å². The highest BCUT2D eigenvalue weighted by Gasteiger charge is 2.21. The van der Waals surface area contributed by atoms with Gasteiger partial charge in [-0.2, -0.15) is 0 Å². The second-order valence-corrected chi connectivity index (χ2v) is 6.42. The molecule has 0 saturated heterocycles. The zero-order valence-corrected chi connectivity index (χ0v) is 14.7. The molecule has 5 nitrogen and oxygen atoms in total. The molecule has 0 atom stereocenters. The molecule has 0 saturated carbocycles. The molecule has 1 amide bonds. The zero-order valence-electron chi connectivity index (χ0n) is 13.9. The first-order valence-electron chi connectivity index (χ1n) is 7.65. The summed E-state index contributed by atoms with van der Waals surface area (Å²) >= 11 is 1.36. The molecular weight excluding hydrogens is 338 g/mol. The summed E-state index contributed by atoms with van der Waals surface area (Å²) in [7, 11) is 2.93. The minimum absolute atomic E-state index is 0.193. The summed E-state index contributed by atoms with van der Waals surface area (Å²) < 4.78 is 10.9. The molecule has 2 aromatic carbocycles. The molecule has 6 heteroatoms. The smallest absolute Gasteiger partial charge is 0.341 e. The molecule has 0 fully saturated rings. The second kappa shape index (κ2) is 7.36. The third-order valence-corrected chi connectivity index (χ3v) is 4.85. The summed E-state index contributed by atoms with van der Waals surface area (Å²) in [5, 5.41) is 4.12. The Morgan fingerprint density at radius 1 is 1.04 bits per heavy atom. The highest BCUT2D eigenvalue weighted by Crippen LogP contribution is 2.36. The van der Waals surface area contributed by atoms with E-state index in [1.165, 1.54) is 18.4 Å². The van der Waals surface area contributed by atoms with Crippen LogP contribution in [0, 0.1) is 0 Å². The number of esters is 1. The summed E-state index contributed by atoms with van der Waals surface area (Å²) in [6.45, 7) is 0. The summed E-state index contributed by atoms with van der Waals surface area (Å²) in [4.78, 5) is 24.5. The normalized spacial score (nSPS) is 10.5. The van der Waals surface area contributed by atoms with Gasteiger partial charge in [0.1, 0.15) is 16.3 Å². The Morgan fingerprint density at radius 3 is 2.44 bits per heavy atom. The average Bonchev–Trinajstić information content (AvgIpc) is 2.99. The van der Waals surface area contributed by atoms with Crippen molar-refractivity contribution in [3.8, 4) is 5.75 Å². The predicted octanol–water partition coefficient (Wildman–Crippen LogP) is 3.88. The van der Waals surface area contributed by atoms with Crippen LogP contribution in [0.15, 0.2) is 48.5 Å². The van der Waals surface area contributed by atoms with Crippen LogP contribution >= 0.6 is 11.3 Å². The van der Waals surface area contributed by atoms with Gasteiger partial charge in [0, 0.05) is 10.1 Å². The van der Waals surface area contributed by atoms with Gasteiger partial charge in [-0.25, -0.2) is 4.79 Å². The molecule has 25 heavy (non-hydrogen) atoms. The van der Waals surface area contributed by atoms with E-state index < -0.39 is 5.97 Å². The van der Waals surface area contributed by atoms with Crippen molar-refractivity contribution in [3.63, 3.8) is 0 Å². The molecule has 3 aromatic rings. The fourth-order valence-corrected chi connectivity index (χ4v) is 3.64. The van der Waals surface area contributed by atoms with E-state index in [0.29, 0.717) is 10.6 Å². The number of carbonyl (C=O) groups excluding carboxylic acids is 2. The fraction of sp³-hybridized carbons (Fsp3) is 0.158. The Hall–Kier alpha value is -2.86. The van der Waals surface area contributed by atoms with Crippen molar-refractivity contribution in [1.29, 1.82) is 0 Å². The Kier molecular flexibility index (Phi) is 5.00. The quantitative estimate of drug-likeness (QED) is 0.706. The first-order valence-corrected chi connectivity index (χ1v) is 8.46. The van der Waals surface area contributed by atoms with Crippen molar-refractivity contribution < 1.29 is 19.1 Å². The lowest BCUT2D eigenvalue weighted by atomic mass is 10.1. The number of fused-ring (bicyclic) bond motifs is 1. The first kappa shape index (κ1) is 17.0. The van der Waals surface area contributed by atoms with E-state index in [4.69, 9.17) is 9.47 Å². The number of hydrogen-bond donors (Lipinski definition) is 1. The van der Waals surface area contributed by atoms with E-state index in [9.17, 15) is 9.59 Å². The summed E-state index contributed by atoms with van der Waals surface area (Å²) in [5.41, 5.74) is 1.25. The van der Waals surface area contributed by atoms with Gasteiger partial charge >= 0.3 is 5.97 Å². The van der Waals surface area contributed by atoms with Crippen LogP contribution < -0.4 is 10.1 Å². The monoisotopic (exact) mass is 355 g/mol. The van der Waals surface area contributed by atoms with E-state index in [0.717, 1.165) is 21.4 Å². The highest BCUT2D eigenvalue weighted by atomic mass is 32.1. The fourth-order valence-electron chi connectivity index (χ4n) is 2.54. The summed E-state index contributed by atoms with van der Waals surface area (Å²) in [5.74, 6) is 0.0840. The van der Waals surface area contributed by atoms with Crippen molar-refractivity contribution in [2.45, 2.75) is 6.42 Å². The highest BCUT2D eigenvalue weighted by molar-refractivity contribution is 7.23. The number of ether oxygens (including phenoxy) is 2. The molecule has 0 spiro atoms. The van der Waals surface area contributed by atoms with E-state index >= 15 is 0 Å². The molecule has 1 N–H and O–H groups in total. The van der Waals surface area contributed by atoms with Crippen LogP contribution in [-0.4, -0.2) is 26.1 Å². The Bertz CT molecular complexity index is 915. The largest absolute Gasteiger partial charge is 0.497 e. The summed E-state index contributed by atoms with van der Waals surface area (Å²) in [6.07, 6.45) is 0.207. The topological polar surface area (TPSA) is 64.6 Å². The number of nitrogens with one attached hydrogen (secondary N) is 1. The lowest BCUT2D eigenvalue weighted by molar-refractivity contribution is -0.115. The van der Waals surface area contributed by atoms with Crippen LogP contribution in [0.2, 0.25) is 0 Å². The molecule has 0 radical (unpaired) electrons. The number of amides is 1. The zero-order chi connectivity index (χ0) is 17.8. The van der Waals surface area contributed by atoms with Gasteiger partial charge < -0.3 is 14.8 Å². The molecule has 0 aliphatic carbocycles. The van der Waals surface area contributed by atoms with Gasteiger partial charge in [0.05, 0.1) is 20.6 Å². The second-order valence-electron chi connectivity index (χ2n) is 5.37. The standard InChI is InChI=1S/C19H17NO4S/c1-23-13-9-7-12(8-10-13)11-16(21)20-18-17(19(22)24-2)14-5-3-4-6-15(14)25-18/h3-10H,11H2,1-2H3,(H,20,21). The van der Waals surface area contributed by atoms with Crippen molar-refractivity contribution in [1.82, 2.24) is 0 Å². The third kappa shape index (κ3) is 3.64. The maximum atomic E-state index is 12.4. The third-order valence-electron chi connectivity index (χ3n) is 3.76. The number of methoxy groups -OCH3 is 2. The maximum absolute atomic E-state index is 12.4. The first-order chi connectivity index (χ1) is 12.1. The molecule has 1 heterocycles.